The predicted octanol–water partition coefficient (Wildman–Crippen LogP) is 1.67. The molecule has 0 radical (unpaired) electrons. The number of carboxylic acid groups (broad SMARTS) is 1. The maximum absolute atomic E-state index is 10.9. The van der Waals surface area contributed by atoms with Gasteiger partial charge in [-0.1, -0.05) is 0 Å². The molecule has 0 bridgehead atoms. The molecule has 0 unspecified atom stereocenters. The molecular formula is C11H15N3O2S. The number of anilines is 2. The number of thioether (sulfide) groups is 1. The topological polar surface area (TPSA) is 88.2 Å². The van der Waals surface area contributed by atoms with Crippen LogP contribution in [0.1, 0.15) is 23.2 Å². The van der Waals surface area contributed by atoms with Crippen molar-refractivity contribution < 1.29 is 9.90 Å². The first-order valence-corrected chi connectivity index (χ1v) is 6.65. The maximum Gasteiger partial charge on any atom is 0.337 e. The summed E-state index contributed by atoms with van der Waals surface area (Å²) in [7, 11) is 0. The number of hydrogen-bond acceptors (Lipinski definition) is 5. The van der Waals surface area contributed by atoms with E-state index >= 15 is 0 Å². The number of pyridine rings is 1. The van der Waals surface area contributed by atoms with Crippen molar-refractivity contribution in [2.75, 3.05) is 22.6 Å². The van der Waals surface area contributed by atoms with Crippen molar-refractivity contribution in [1.82, 2.24) is 4.98 Å². The Morgan fingerprint density at radius 1 is 1.53 bits per heavy atom. The van der Waals surface area contributed by atoms with E-state index in [1.807, 2.05) is 11.8 Å². The summed E-state index contributed by atoms with van der Waals surface area (Å²) in [5, 5.41) is 12.2. The normalized spacial score (nSPS) is 16.7. The first-order chi connectivity index (χ1) is 8.16. The van der Waals surface area contributed by atoms with Crippen LogP contribution in [0.2, 0.25) is 0 Å². The molecule has 1 saturated heterocycles. The summed E-state index contributed by atoms with van der Waals surface area (Å²) in [5.74, 6) is 1.84. The first kappa shape index (κ1) is 12.0. The Hall–Kier alpha value is -1.43. The zero-order valence-electron chi connectivity index (χ0n) is 9.35. The summed E-state index contributed by atoms with van der Waals surface area (Å²) >= 11 is 1.95. The fraction of sp³-hybridized carbons (Fsp3) is 0.455. The smallest absolute Gasteiger partial charge is 0.337 e. The molecule has 0 atom stereocenters. The molecule has 92 valence electrons. The highest BCUT2D eigenvalue weighted by Crippen LogP contribution is 2.21. The molecule has 0 spiro atoms. The molecule has 1 aromatic heterocycles. The van der Waals surface area contributed by atoms with Gasteiger partial charge in [0.05, 0.1) is 17.4 Å². The summed E-state index contributed by atoms with van der Waals surface area (Å²) in [5.41, 5.74) is 5.85. The van der Waals surface area contributed by atoms with Crippen molar-refractivity contribution >= 4 is 29.2 Å². The van der Waals surface area contributed by atoms with Crippen LogP contribution in [0.25, 0.3) is 0 Å². The second-order valence-corrected chi connectivity index (χ2v) is 5.22. The second-order valence-electron chi connectivity index (χ2n) is 3.99. The average molecular weight is 253 g/mol. The number of nitrogens with zero attached hydrogens (tertiary/aromatic N) is 1. The summed E-state index contributed by atoms with van der Waals surface area (Å²) in [4.78, 5) is 15.0. The van der Waals surface area contributed by atoms with E-state index in [1.165, 1.54) is 12.3 Å². The van der Waals surface area contributed by atoms with Gasteiger partial charge in [-0.25, -0.2) is 9.78 Å². The Morgan fingerprint density at radius 2 is 2.24 bits per heavy atom. The van der Waals surface area contributed by atoms with Gasteiger partial charge in [0.1, 0.15) is 5.82 Å². The zero-order chi connectivity index (χ0) is 12.3. The predicted molar refractivity (Wildman–Crippen MR) is 69.6 cm³/mol. The van der Waals surface area contributed by atoms with Crippen LogP contribution in [0.15, 0.2) is 12.3 Å². The third kappa shape index (κ3) is 3.03. The molecule has 0 aromatic carbocycles. The molecule has 4 N–H and O–H groups in total. The van der Waals surface area contributed by atoms with Gasteiger partial charge in [0, 0.05) is 6.04 Å². The average Bonchev–Trinajstić information content (AvgIpc) is 2.32. The Morgan fingerprint density at radius 3 is 2.88 bits per heavy atom. The number of nitrogens with two attached hydrogens (primary N) is 1. The fourth-order valence-electron chi connectivity index (χ4n) is 1.78. The number of carboxylic acids is 1. The number of hydrogen-bond donors (Lipinski definition) is 3. The van der Waals surface area contributed by atoms with Gasteiger partial charge in [0.15, 0.2) is 0 Å². The first-order valence-electron chi connectivity index (χ1n) is 5.50. The monoisotopic (exact) mass is 253 g/mol. The van der Waals surface area contributed by atoms with Crippen LogP contribution < -0.4 is 11.1 Å². The van der Waals surface area contributed by atoms with E-state index in [-0.39, 0.29) is 11.3 Å². The molecule has 0 aliphatic carbocycles. The van der Waals surface area contributed by atoms with Gasteiger partial charge in [-0.15, -0.1) is 0 Å². The van der Waals surface area contributed by atoms with E-state index in [9.17, 15) is 4.79 Å². The van der Waals surface area contributed by atoms with Gasteiger partial charge >= 0.3 is 5.97 Å². The third-order valence-corrected chi connectivity index (χ3v) is 3.79. The zero-order valence-corrected chi connectivity index (χ0v) is 10.2. The molecule has 0 saturated carbocycles. The highest BCUT2D eigenvalue weighted by Gasteiger charge is 2.15. The van der Waals surface area contributed by atoms with Gasteiger partial charge in [0.25, 0.3) is 0 Å². The lowest BCUT2D eigenvalue weighted by Gasteiger charge is -2.23. The van der Waals surface area contributed by atoms with E-state index in [2.05, 4.69) is 10.3 Å². The summed E-state index contributed by atoms with van der Waals surface area (Å²) in [6, 6.07) is 1.88. The number of carbonyl (C=O) groups is 1. The maximum atomic E-state index is 10.9. The van der Waals surface area contributed by atoms with Crippen LogP contribution in [0.5, 0.6) is 0 Å². The number of aromatic carboxylic acids is 1. The van der Waals surface area contributed by atoms with Crippen LogP contribution in [0.4, 0.5) is 11.5 Å². The van der Waals surface area contributed by atoms with E-state index in [0.717, 1.165) is 24.3 Å². The third-order valence-electron chi connectivity index (χ3n) is 2.74. The van der Waals surface area contributed by atoms with E-state index < -0.39 is 5.97 Å². The van der Waals surface area contributed by atoms with E-state index in [0.29, 0.717) is 11.9 Å². The molecule has 1 aliphatic heterocycles. The summed E-state index contributed by atoms with van der Waals surface area (Å²) in [6.45, 7) is 0. The minimum absolute atomic E-state index is 0.104. The van der Waals surface area contributed by atoms with Crippen LogP contribution in [-0.4, -0.2) is 33.6 Å². The van der Waals surface area contributed by atoms with Crippen LogP contribution in [0, 0.1) is 0 Å². The standard InChI is InChI=1S/C11H15N3O2S/c12-9-6-13-10(5-8(9)11(15)16)14-7-1-3-17-4-2-7/h5-7H,1-4,12H2,(H,13,14)(H,15,16). The molecule has 1 aliphatic rings. The lowest BCUT2D eigenvalue weighted by molar-refractivity contribution is 0.0698. The number of rotatable bonds is 3. The Labute approximate surface area is 104 Å². The lowest BCUT2D eigenvalue weighted by atomic mass is 10.1. The van der Waals surface area contributed by atoms with Crippen molar-refractivity contribution in [3.8, 4) is 0 Å². The van der Waals surface area contributed by atoms with Crippen molar-refractivity contribution in [1.29, 1.82) is 0 Å². The van der Waals surface area contributed by atoms with Gasteiger partial charge in [-0.3, -0.25) is 0 Å². The largest absolute Gasteiger partial charge is 0.478 e. The Balaban J connectivity index is 2.10. The summed E-state index contributed by atoms with van der Waals surface area (Å²) < 4.78 is 0. The molecule has 1 aromatic rings. The second kappa shape index (κ2) is 5.27. The SMILES string of the molecule is Nc1cnc(NC2CCSCC2)cc1C(=O)O. The minimum Gasteiger partial charge on any atom is -0.478 e. The van der Waals surface area contributed by atoms with Crippen molar-refractivity contribution in [3.05, 3.63) is 17.8 Å². The molecule has 17 heavy (non-hydrogen) atoms. The van der Waals surface area contributed by atoms with Crippen molar-refractivity contribution in [2.45, 2.75) is 18.9 Å². The van der Waals surface area contributed by atoms with Crippen LogP contribution >= 0.6 is 11.8 Å². The molecule has 2 rings (SSSR count). The minimum atomic E-state index is -1.02. The quantitative estimate of drug-likeness (QED) is 0.759. The van der Waals surface area contributed by atoms with E-state index in [1.54, 1.807) is 0 Å². The van der Waals surface area contributed by atoms with Gasteiger partial charge in [-0.05, 0) is 30.4 Å². The van der Waals surface area contributed by atoms with Gasteiger partial charge in [0.2, 0.25) is 0 Å². The van der Waals surface area contributed by atoms with Gasteiger partial charge in [-0.2, -0.15) is 11.8 Å². The molecule has 5 nitrogen and oxygen atoms in total. The van der Waals surface area contributed by atoms with Crippen LogP contribution in [-0.2, 0) is 0 Å². The van der Waals surface area contributed by atoms with E-state index in [4.69, 9.17) is 10.8 Å². The number of nitrogen functional groups attached to an aromatic ring is 1. The van der Waals surface area contributed by atoms with Gasteiger partial charge < -0.3 is 16.2 Å². The van der Waals surface area contributed by atoms with Crippen LogP contribution in [0.3, 0.4) is 0 Å². The highest BCUT2D eigenvalue weighted by atomic mass is 32.2. The molecular weight excluding hydrogens is 238 g/mol. The number of aromatic nitrogens is 1. The molecule has 1 fully saturated rings. The molecule has 6 heteroatoms. The lowest BCUT2D eigenvalue weighted by Crippen LogP contribution is -2.25. The van der Waals surface area contributed by atoms with Crippen molar-refractivity contribution in [2.24, 2.45) is 0 Å². The highest BCUT2D eigenvalue weighted by molar-refractivity contribution is 7.99. The Kier molecular flexibility index (Phi) is 3.73. The Bertz CT molecular complexity index is 419. The molecule has 2 heterocycles. The number of nitrogens with one attached hydrogen (secondary N) is 1. The molecule has 0 amide bonds. The summed E-state index contributed by atoms with van der Waals surface area (Å²) in [6.07, 6.45) is 3.56. The fourth-order valence-corrected chi connectivity index (χ4v) is 2.89. The van der Waals surface area contributed by atoms with Crippen molar-refractivity contribution in [3.63, 3.8) is 0 Å².